The summed E-state index contributed by atoms with van der Waals surface area (Å²) in [7, 11) is 0. The predicted octanol–water partition coefficient (Wildman–Crippen LogP) is 3.61. The number of thiazole rings is 1. The summed E-state index contributed by atoms with van der Waals surface area (Å²) in [5.74, 6) is 0. The van der Waals surface area contributed by atoms with Gasteiger partial charge in [0, 0.05) is 5.56 Å². The third-order valence-corrected chi connectivity index (χ3v) is 3.38. The minimum Gasteiger partial charge on any atom is -0.351 e. The Labute approximate surface area is 111 Å². The normalized spacial score (nSPS) is 10.2. The van der Waals surface area contributed by atoms with Crippen LogP contribution in [-0.2, 0) is 0 Å². The second kappa shape index (κ2) is 4.91. The molecule has 0 unspecified atom stereocenters. The van der Waals surface area contributed by atoms with Crippen LogP contribution in [0.15, 0.2) is 23.7 Å². The summed E-state index contributed by atoms with van der Waals surface area (Å²) in [4.78, 5) is 15.0. The number of halogens is 2. The van der Waals surface area contributed by atoms with Gasteiger partial charge in [0.15, 0.2) is 0 Å². The number of hydrogen-bond donors (Lipinski definition) is 2. The molecule has 88 valence electrons. The molecule has 7 heteroatoms. The number of carbonyl (C=O) groups excluding carboxylic acids is 1. The maximum atomic E-state index is 10.8. The lowest BCUT2D eigenvalue weighted by atomic mass is 10.1. The molecule has 0 aliphatic rings. The summed E-state index contributed by atoms with van der Waals surface area (Å²) < 4.78 is 0. The van der Waals surface area contributed by atoms with Gasteiger partial charge < -0.3 is 5.73 Å². The molecule has 2 amide bonds. The average Bonchev–Trinajstić information content (AvgIpc) is 2.65. The zero-order valence-electron chi connectivity index (χ0n) is 8.41. The lowest BCUT2D eigenvalue weighted by molar-refractivity contribution is 0.259. The molecule has 1 heterocycles. The number of anilines is 1. The number of nitrogens with one attached hydrogen (secondary N) is 1. The Balaban J connectivity index is 2.53. The van der Waals surface area contributed by atoms with E-state index in [1.165, 1.54) is 11.3 Å². The number of carbonyl (C=O) groups is 1. The Morgan fingerprint density at radius 3 is 2.59 bits per heavy atom. The Kier molecular flexibility index (Phi) is 3.51. The average molecular weight is 288 g/mol. The Bertz CT molecular complexity index is 550. The Morgan fingerprint density at radius 2 is 2.00 bits per heavy atom. The number of hydrogen-bond acceptors (Lipinski definition) is 3. The monoisotopic (exact) mass is 287 g/mol. The van der Waals surface area contributed by atoms with E-state index in [2.05, 4.69) is 10.3 Å². The molecule has 0 saturated carbocycles. The Morgan fingerprint density at radius 1 is 1.35 bits per heavy atom. The summed E-state index contributed by atoms with van der Waals surface area (Å²) in [5, 5.41) is 3.94. The van der Waals surface area contributed by atoms with Crippen LogP contribution >= 0.6 is 34.5 Å². The van der Waals surface area contributed by atoms with E-state index in [-0.39, 0.29) is 0 Å². The van der Waals surface area contributed by atoms with Gasteiger partial charge in [-0.05, 0) is 12.1 Å². The van der Waals surface area contributed by atoms with E-state index in [0.717, 1.165) is 0 Å². The first-order chi connectivity index (χ1) is 8.09. The molecule has 2 rings (SSSR count). The highest BCUT2D eigenvalue weighted by molar-refractivity contribution is 7.14. The molecule has 0 saturated heterocycles. The van der Waals surface area contributed by atoms with Crippen LogP contribution in [0.5, 0.6) is 0 Å². The summed E-state index contributed by atoms with van der Waals surface area (Å²) in [6.07, 6.45) is 0. The summed E-state index contributed by atoms with van der Waals surface area (Å²) in [5.41, 5.74) is 7.76. The molecular formula is C10H7Cl2N3OS. The number of amides is 2. The van der Waals surface area contributed by atoms with E-state index < -0.39 is 6.03 Å². The maximum absolute atomic E-state index is 10.8. The molecule has 0 bridgehead atoms. The van der Waals surface area contributed by atoms with Gasteiger partial charge in [0.1, 0.15) is 10.7 Å². The van der Waals surface area contributed by atoms with Crippen molar-refractivity contribution in [1.29, 1.82) is 0 Å². The van der Waals surface area contributed by atoms with Crippen LogP contribution < -0.4 is 11.1 Å². The van der Waals surface area contributed by atoms with Gasteiger partial charge in [-0.25, -0.2) is 9.78 Å². The SMILES string of the molecule is NC(=O)Nc1scnc1-c1c(Cl)cccc1Cl. The predicted molar refractivity (Wildman–Crippen MR) is 70.8 cm³/mol. The van der Waals surface area contributed by atoms with Crippen molar-refractivity contribution in [3.05, 3.63) is 33.8 Å². The van der Waals surface area contributed by atoms with Crippen molar-refractivity contribution >= 4 is 45.6 Å². The van der Waals surface area contributed by atoms with Crippen LogP contribution in [0.2, 0.25) is 10.0 Å². The van der Waals surface area contributed by atoms with Crippen LogP contribution in [0.1, 0.15) is 0 Å². The number of aromatic nitrogens is 1. The lowest BCUT2D eigenvalue weighted by Crippen LogP contribution is -2.18. The van der Waals surface area contributed by atoms with Crippen LogP contribution in [0.4, 0.5) is 9.80 Å². The molecule has 2 aromatic rings. The molecule has 0 spiro atoms. The first-order valence-corrected chi connectivity index (χ1v) is 6.17. The van der Waals surface area contributed by atoms with Crippen molar-refractivity contribution in [2.24, 2.45) is 5.73 Å². The maximum Gasteiger partial charge on any atom is 0.317 e. The van der Waals surface area contributed by atoms with Crippen molar-refractivity contribution in [2.75, 3.05) is 5.32 Å². The van der Waals surface area contributed by atoms with Crippen LogP contribution in [0.25, 0.3) is 11.3 Å². The van der Waals surface area contributed by atoms with Crippen molar-refractivity contribution < 1.29 is 4.79 Å². The van der Waals surface area contributed by atoms with E-state index in [9.17, 15) is 4.79 Å². The largest absolute Gasteiger partial charge is 0.351 e. The summed E-state index contributed by atoms with van der Waals surface area (Å²) in [6.45, 7) is 0. The summed E-state index contributed by atoms with van der Waals surface area (Å²) in [6, 6.07) is 4.49. The topological polar surface area (TPSA) is 68.0 Å². The number of nitrogens with zero attached hydrogens (tertiary/aromatic N) is 1. The molecule has 0 fully saturated rings. The molecule has 0 atom stereocenters. The van der Waals surface area contributed by atoms with Gasteiger partial charge >= 0.3 is 6.03 Å². The Hall–Kier alpha value is -1.30. The van der Waals surface area contributed by atoms with Crippen molar-refractivity contribution in [1.82, 2.24) is 4.98 Å². The molecule has 1 aromatic heterocycles. The van der Waals surface area contributed by atoms with E-state index in [1.54, 1.807) is 23.7 Å². The van der Waals surface area contributed by atoms with E-state index in [1.807, 2.05) is 0 Å². The smallest absolute Gasteiger partial charge is 0.317 e. The summed E-state index contributed by atoms with van der Waals surface area (Å²) >= 11 is 13.4. The molecule has 4 nitrogen and oxygen atoms in total. The first kappa shape index (κ1) is 12.2. The van der Waals surface area contributed by atoms with E-state index >= 15 is 0 Å². The highest BCUT2D eigenvalue weighted by Gasteiger charge is 2.16. The van der Waals surface area contributed by atoms with Gasteiger partial charge in [-0.2, -0.15) is 0 Å². The zero-order chi connectivity index (χ0) is 12.4. The number of benzene rings is 1. The third-order valence-electron chi connectivity index (χ3n) is 2.00. The van der Waals surface area contributed by atoms with Crippen LogP contribution in [0.3, 0.4) is 0 Å². The molecule has 0 aliphatic carbocycles. The number of rotatable bonds is 2. The van der Waals surface area contributed by atoms with Crippen LogP contribution in [0, 0.1) is 0 Å². The van der Waals surface area contributed by atoms with Gasteiger partial charge in [-0.15, -0.1) is 11.3 Å². The second-order valence-electron chi connectivity index (χ2n) is 3.12. The van der Waals surface area contributed by atoms with Gasteiger partial charge in [0.2, 0.25) is 0 Å². The molecular weight excluding hydrogens is 281 g/mol. The molecule has 3 N–H and O–H groups in total. The van der Waals surface area contributed by atoms with Gasteiger partial charge in [0.05, 0.1) is 15.6 Å². The highest BCUT2D eigenvalue weighted by Crippen LogP contribution is 2.39. The molecule has 0 radical (unpaired) electrons. The quantitative estimate of drug-likeness (QED) is 0.886. The standard InChI is InChI=1S/C10H7Cl2N3OS/c11-5-2-1-3-6(12)7(5)8-9(15-10(13)16)17-4-14-8/h1-4H,(H3,13,15,16). The molecule has 0 aliphatic heterocycles. The minimum atomic E-state index is -0.654. The lowest BCUT2D eigenvalue weighted by Gasteiger charge is -2.06. The number of nitrogens with two attached hydrogens (primary N) is 1. The van der Waals surface area contributed by atoms with E-state index in [4.69, 9.17) is 28.9 Å². The zero-order valence-corrected chi connectivity index (χ0v) is 10.7. The number of primary amides is 1. The van der Waals surface area contributed by atoms with Crippen molar-refractivity contribution in [3.8, 4) is 11.3 Å². The first-order valence-electron chi connectivity index (χ1n) is 4.54. The van der Waals surface area contributed by atoms with Gasteiger partial charge in [-0.1, -0.05) is 29.3 Å². The number of urea groups is 1. The van der Waals surface area contributed by atoms with Gasteiger partial charge in [0.25, 0.3) is 0 Å². The van der Waals surface area contributed by atoms with E-state index in [0.29, 0.717) is 26.3 Å². The van der Waals surface area contributed by atoms with Crippen LogP contribution in [-0.4, -0.2) is 11.0 Å². The fraction of sp³-hybridized carbons (Fsp3) is 0. The highest BCUT2D eigenvalue weighted by atomic mass is 35.5. The van der Waals surface area contributed by atoms with Crippen molar-refractivity contribution in [3.63, 3.8) is 0 Å². The van der Waals surface area contributed by atoms with Gasteiger partial charge in [-0.3, -0.25) is 5.32 Å². The fourth-order valence-electron chi connectivity index (χ4n) is 1.35. The fourth-order valence-corrected chi connectivity index (χ4v) is 2.61. The minimum absolute atomic E-state index is 0.468. The van der Waals surface area contributed by atoms with Crippen molar-refractivity contribution in [2.45, 2.75) is 0 Å². The third kappa shape index (κ3) is 2.52. The second-order valence-corrected chi connectivity index (χ2v) is 4.79. The molecule has 1 aromatic carbocycles. The molecule has 17 heavy (non-hydrogen) atoms.